The van der Waals surface area contributed by atoms with Gasteiger partial charge in [0.2, 0.25) is 5.16 Å². The highest BCUT2D eigenvalue weighted by Gasteiger charge is 2.12. The van der Waals surface area contributed by atoms with Gasteiger partial charge in [0.05, 0.1) is 12.1 Å². The molecule has 0 bridgehead atoms. The standard InChI is InChI=1S/C17H14N6S/c1-12-7-8-15-14(9-12)16(19-11-18-15)24-17-20-21-22-23(17)10-13-5-3-2-4-6-13/h2-9,11H,10H2,1H3. The van der Waals surface area contributed by atoms with Gasteiger partial charge in [0.15, 0.2) is 0 Å². The van der Waals surface area contributed by atoms with Crippen LogP contribution in [0.5, 0.6) is 0 Å². The zero-order chi connectivity index (χ0) is 16.4. The van der Waals surface area contributed by atoms with E-state index in [9.17, 15) is 0 Å². The summed E-state index contributed by atoms with van der Waals surface area (Å²) in [5.74, 6) is 0. The summed E-state index contributed by atoms with van der Waals surface area (Å²) in [4.78, 5) is 8.73. The molecule has 4 rings (SSSR count). The van der Waals surface area contributed by atoms with E-state index >= 15 is 0 Å². The monoisotopic (exact) mass is 334 g/mol. The van der Waals surface area contributed by atoms with Gasteiger partial charge in [-0.2, -0.15) is 0 Å². The van der Waals surface area contributed by atoms with Crippen molar-refractivity contribution in [2.24, 2.45) is 0 Å². The summed E-state index contributed by atoms with van der Waals surface area (Å²) >= 11 is 1.45. The minimum atomic E-state index is 0.623. The molecule has 2 aromatic carbocycles. The number of benzene rings is 2. The van der Waals surface area contributed by atoms with Gasteiger partial charge in [-0.3, -0.25) is 0 Å². The van der Waals surface area contributed by atoms with Gasteiger partial charge in [-0.15, -0.1) is 5.10 Å². The maximum Gasteiger partial charge on any atom is 0.215 e. The summed E-state index contributed by atoms with van der Waals surface area (Å²) in [5.41, 5.74) is 3.23. The van der Waals surface area contributed by atoms with Gasteiger partial charge in [0, 0.05) is 5.39 Å². The van der Waals surface area contributed by atoms with E-state index in [2.05, 4.69) is 50.6 Å². The summed E-state index contributed by atoms with van der Waals surface area (Å²) < 4.78 is 1.78. The van der Waals surface area contributed by atoms with Crippen LogP contribution in [0.15, 0.2) is 65.0 Å². The van der Waals surface area contributed by atoms with E-state index in [1.807, 2.05) is 30.3 Å². The second kappa shape index (κ2) is 6.37. The number of aromatic nitrogens is 6. The van der Waals surface area contributed by atoms with E-state index in [0.717, 1.165) is 21.5 Å². The normalized spacial score (nSPS) is 11.0. The fourth-order valence-corrected chi connectivity index (χ4v) is 3.27. The van der Waals surface area contributed by atoms with Crippen molar-refractivity contribution in [3.8, 4) is 0 Å². The second-order valence-corrected chi connectivity index (χ2v) is 6.36. The third-order valence-corrected chi connectivity index (χ3v) is 4.61. The van der Waals surface area contributed by atoms with Crippen LogP contribution >= 0.6 is 11.8 Å². The van der Waals surface area contributed by atoms with Gasteiger partial charge in [-0.1, -0.05) is 42.0 Å². The molecule has 0 aliphatic rings. The Kier molecular flexibility index (Phi) is 3.92. The Bertz CT molecular complexity index is 983. The van der Waals surface area contributed by atoms with E-state index in [1.165, 1.54) is 17.3 Å². The topological polar surface area (TPSA) is 69.4 Å². The number of aryl methyl sites for hydroxylation is 1. The Balaban J connectivity index is 1.67. The van der Waals surface area contributed by atoms with Gasteiger partial charge >= 0.3 is 0 Å². The molecule has 0 aliphatic carbocycles. The Morgan fingerprint density at radius 3 is 2.79 bits per heavy atom. The Morgan fingerprint density at radius 2 is 1.92 bits per heavy atom. The summed E-state index contributed by atoms with van der Waals surface area (Å²) in [6.45, 7) is 2.68. The molecule has 0 fully saturated rings. The Morgan fingerprint density at radius 1 is 1.04 bits per heavy atom. The van der Waals surface area contributed by atoms with Crippen molar-refractivity contribution in [3.05, 3.63) is 66.0 Å². The van der Waals surface area contributed by atoms with E-state index < -0.39 is 0 Å². The predicted molar refractivity (Wildman–Crippen MR) is 91.8 cm³/mol. The van der Waals surface area contributed by atoms with E-state index in [-0.39, 0.29) is 0 Å². The van der Waals surface area contributed by atoms with Crippen molar-refractivity contribution in [1.29, 1.82) is 0 Å². The van der Waals surface area contributed by atoms with Gasteiger partial charge in [-0.25, -0.2) is 14.6 Å². The first-order valence-electron chi connectivity index (χ1n) is 7.49. The molecule has 0 N–H and O–H groups in total. The van der Waals surface area contributed by atoms with Crippen LogP contribution in [0.4, 0.5) is 0 Å². The predicted octanol–water partition coefficient (Wildman–Crippen LogP) is 3.12. The number of hydrogen-bond donors (Lipinski definition) is 0. The molecule has 2 aromatic heterocycles. The molecule has 0 saturated carbocycles. The van der Waals surface area contributed by atoms with Crippen molar-refractivity contribution in [2.75, 3.05) is 0 Å². The quantitative estimate of drug-likeness (QED) is 0.534. The SMILES string of the molecule is Cc1ccc2ncnc(Sc3nnnn3Cc3ccccc3)c2c1. The zero-order valence-electron chi connectivity index (χ0n) is 13.0. The van der Waals surface area contributed by atoms with Crippen LogP contribution in [0.2, 0.25) is 0 Å². The summed E-state index contributed by atoms with van der Waals surface area (Å²) in [7, 11) is 0. The van der Waals surface area contributed by atoms with Gasteiger partial charge in [-0.05, 0) is 46.8 Å². The average Bonchev–Trinajstić information content (AvgIpc) is 3.03. The molecular weight excluding hydrogens is 320 g/mol. The molecule has 7 heteroatoms. The smallest absolute Gasteiger partial charge is 0.215 e. The third kappa shape index (κ3) is 2.98. The molecule has 0 saturated heterocycles. The molecule has 0 atom stereocenters. The highest BCUT2D eigenvalue weighted by molar-refractivity contribution is 7.99. The van der Waals surface area contributed by atoms with E-state index in [4.69, 9.17) is 0 Å². The fourth-order valence-electron chi connectivity index (χ4n) is 2.44. The summed E-state index contributed by atoms with van der Waals surface area (Å²) in [6.07, 6.45) is 1.57. The lowest BCUT2D eigenvalue weighted by atomic mass is 10.2. The molecule has 0 amide bonds. The minimum Gasteiger partial charge on any atom is -0.236 e. The lowest BCUT2D eigenvalue weighted by molar-refractivity contribution is 0.602. The number of nitrogens with zero attached hydrogens (tertiary/aromatic N) is 6. The van der Waals surface area contributed by atoms with Crippen LogP contribution in [0.3, 0.4) is 0 Å². The van der Waals surface area contributed by atoms with Crippen molar-refractivity contribution >= 4 is 22.7 Å². The molecule has 0 unspecified atom stereocenters. The maximum absolute atomic E-state index is 4.41. The molecule has 0 aliphatic heterocycles. The van der Waals surface area contributed by atoms with Crippen molar-refractivity contribution in [2.45, 2.75) is 23.7 Å². The summed E-state index contributed by atoms with van der Waals surface area (Å²) in [6, 6.07) is 16.3. The van der Waals surface area contributed by atoms with Crippen LogP contribution in [0.1, 0.15) is 11.1 Å². The minimum absolute atomic E-state index is 0.623. The van der Waals surface area contributed by atoms with Crippen LogP contribution in [0.25, 0.3) is 10.9 Å². The van der Waals surface area contributed by atoms with Crippen LogP contribution in [-0.2, 0) is 6.54 Å². The molecule has 4 aromatic rings. The highest BCUT2D eigenvalue weighted by atomic mass is 32.2. The van der Waals surface area contributed by atoms with Gasteiger partial charge < -0.3 is 0 Å². The Labute approximate surface area is 143 Å². The maximum atomic E-state index is 4.41. The van der Waals surface area contributed by atoms with Crippen molar-refractivity contribution in [3.63, 3.8) is 0 Å². The van der Waals surface area contributed by atoms with E-state index in [1.54, 1.807) is 11.0 Å². The van der Waals surface area contributed by atoms with Gasteiger partial charge in [0.1, 0.15) is 11.4 Å². The van der Waals surface area contributed by atoms with Crippen molar-refractivity contribution < 1.29 is 0 Å². The molecule has 2 heterocycles. The van der Waals surface area contributed by atoms with Crippen LogP contribution in [0, 0.1) is 6.92 Å². The first-order valence-corrected chi connectivity index (χ1v) is 8.30. The number of hydrogen-bond acceptors (Lipinski definition) is 6. The summed E-state index contributed by atoms with van der Waals surface area (Å²) in [5, 5.41) is 14.6. The number of fused-ring (bicyclic) bond motifs is 1. The molecule has 118 valence electrons. The highest BCUT2D eigenvalue weighted by Crippen LogP contribution is 2.30. The fraction of sp³-hybridized carbons (Fsp3) is 0.118. The number of rotatable bonds is 4. The van der Waals surface area contributed by atoms with Crippen LogP contribution in [-0.4, -0.2) is 30.2 Å². The molecule has 0 radical (unpaired) electrons. The lowest BCUT2D eigenvalue weighted by Gasteiger charge is -2.06. The average molecular weight is 334 g/mol. The second-order valence-electron chi connectivity index (χ2n) is 5.41. The Hall–Kier alpha value is -2.80. The largest absolute Gasteiger partial charge is 0.236 e. The molecule has 24 heavy (non-hydrogen) atoms. The van der Waals surface area contributed by atoms with Crippen LogP contribution < -0.4 is 0 Å². The first kappa shape index (κ1) is 14.8. The number of tetrazole rings is 1. The van der Waals surface area contributed by atoms with E-state index in [0.29, 0.717) is 11.7 Å². The lowest BCUT2D eigenvalue weighted by Crippen LogP contribution is -2.03. The van der Waals surface area contributed by atoms with Crippen molar-refractivity contribution in [1.82, 2.24) is 30.2 Å². The van der Waals surface area contributed by atoms with Gasteiger partial charge in [0.25, 0.3) is 0 Å². The molecule has 6 nitrogen and oxygen atoms in total. The first-order chi connectivity index (χ1) is 11.8. The molecule has 0 spiro atoms. The zero-order valence-corrected chi connectivity index (χ0v) is 13.8. The third-order valence-electron chi connectivity index (χ3n) is 3.62. The molecular formula is C17H14N6S.